The predicted molar refractivity (Wildman–Crippen MR) is 136 cm³/mol. The third-order valence-corrected chi connectivity index (χ3v) is 7.10. The van der Waals surface area contributed by atoms with Gasteiger partial charge in [-0.15, -0.1) is 0 Å². The van der Waals surface area contributed by atoms with Gasteiger partial charge in [-0.2, -0.15) is 0 Å². The van der Waals surface area contributed by atoms with Crippen LogP contribution in [0.15, 0.2) is 60.7 Å². The van der Waals surface area contributed by atoms with Crippen molar-refractivity contribution in [1.82, 2.24) is 0 Å². The average Bonchev–Trinajstić information content (AvgIpc) is 2.92. The van der Waals surface area contributed by atoms with Crippen molar-refractivity contribution in [3.05, 3.63) is 101 Å². The van der Waals surface area contributed by atoms with Gasteiger partial charge in [-0.3, -0.25) is 0 Å². The van der Waals surface area contributed by atoms with Crippen molar-refractivity contribution in [2.75, 3.05) is 6.61 Å². The molecule has 2 nitrogen and oxygen atoms in total. The van der Waals surface area contributed by atoms with Crippen molar-refractivity contribution in [3.8, 4) is 16.9 Å². The summed E-state index contributed by atoms with van der Waals surface area (Å²) in [7, 11) is 0. The Morgan fingerprint density at radius 2 is 1.50 bits per heavy atom. The maximum absolute atomic E-state index is 14.8. The molecular formula is C31H27F5O2. The fourth-order valence-electron chi connectivity index (χ4n) is 5.04. The Balaban J connectivity index is 1.26. The Kier molecular flexibility index (Phi) is 7.65. The molecular weight excluding hydrogens is 499 g/mol. The lowest BCUT2D eigenvalue weighted by Gasteiger charge is -2.29. The van der Waals surface area contributed by atoms with E-state index in [4.69, 9.17) is 9.47 Å². The second kappa shape index (κ2) is 11.1. The van der Waals surface area contributed by atoms with Gasteiger partial charge in [-0.1, -0.05) is 49.7 Å². The van der Waals surface area contributed by atoms with Gasteiger partial charge in [0.25, 0.3) is 0 Å². The zero-order chi connectivity index (χ0) is 26.8. The number of halogens is 5. The molecule has 38 heavy (non-hydrogen) atoms. The molecule has 0 bridgehead atoms. The molecule has 0 N–H and O–H groups in total. The first-order valence-corrected chi connectivity index (χ1v) is 12.7. The second-order valence-electron chi connectivity index (χ2n) is 9.78. The Hall–Kier alpha value is -3.45. The van der Waals surface area contributed by atoms with Crippen molar-refractivity contribution in [3.63, 3.8) is 0 Å². The Labute approximate surface area is 218 Å². The standard InChI is InChI=1S/C31H27F5O2/c1-2-3-18-6-11-28(37-16-18)23-14-26(33)31(27(34)15-23)38-17-19-4-7-20(8-5-19)21-9-10-24-22(12-21)13-25(32)30(36)29(24)35/h4-5,7-10,12-15,18,28H,2-3,6,11,16-17H2,1H3/t18-,28+/m0/s1. The molecule has 4 aromatic rings. The molecule has 0 radical (unpaired) electrons. The van der Waals surface area contributed by atoms with Gasteiger partial charge >= 0.3 is 0 Å². The molecule has 7 heteroatoms. The molecule has 5 rings (SSSR count). The summed E-state index contributed by atoms with van der Waals surface area (Å²) in [5.41, 5.74) is 2.57. The van der Waals surface area contributed by atoms with Crippen LogP contribution in [0.5, 0.6) is 5.75 Å². The van der Waals surface area contributed by atoms with Crippen LogP contribution in [0.2, 0.25) is 0 Å². The summed E-state index contributed by atoms with van der Waals surface area (Å²) in [6.07, 6.45) is 3.56. The van der Waals surface area contributed by atoms with Gasteiger partial charge in [-0.05, 0) is 77.1 Å². The first kappa shape index (κ1) is 26.2. The van der Waals surface area contributed by atoms with E-state index in [9.17, 15) is 22.0 Å². The summed E-state index contributed by atoms with van der Waals surface area (Å²) in [6.45, 7) is 2.67. The molecule has 0 saturated carbocycles. The highest BCUT2D eigenvalue weighted by Crippen LogP contribution is 2.35. The zero-order valence-corrected chi connectivity index (χ0v) is 20.9. The van der Waals surface area contributed by atoms with E-state index in [2.05, 4.69) is 6.92 Å². The summed E-state index contributed by atoms with van der Waals surface area (Å²) in [5.74, 6) is -5.47. The highest BCUT2D eigenvalue weighted by atomic mass is 19.2. The third kappa shape index (κ3) is 5.39. The van der Waals surface area contributed by atoms with E-state index >= 15 is 0 Å². The maximum atomic E-state index is 14.8. The minimum absolute atomic E-state index is 0.0107. The first-order valence-electron chi connectivity index (χ1n) is 12.7. The van der Waals surface area contributed by atoms with Gasteiger partial charge in [0, 0.05) is 5.39 Å². The summed E-state index contributed by atoms with van der Waals surface area (Å²) in [4.78, 5) is 0. The van der Waals surface area contributed by atoms with Gasteiger partial charge < -0.3 is 9.47 Å². The lowest BCUT2D eigenvalue weighted by atomic mass is 9.92. The van der Waals surface area contributed by atoms with Gasteiger partial charge in [0.1, 0.15) is 6.61 Å². The van der Waals surface area contributed by atoms with Gasteiger partial charge in [0.15, 0.2) is 34.8 Å². The van der Waals surface area contributed by atoms with E-state index < -0.39 is 34.8 Å². The monoisotopic (exact) mass is 526 g/mol. The second-order valence-corrected chi connectivity index (χ2v) is 9.78. The van der Waals surface area contributed by atoms with Crippen LogP contribution in [0.1, 0.15) is 49.8 Å². The van der Waals surface area contributed by atoms with Crippen LogP contribution in [0.4, 0.5) is 22.0 Å². The van der Waals surface area contributed by atoms with E-state index in [0.29, 0.717) is 29.2 Å². The molecule has 4 aromatic carbocycles. The minimum atomic E-state index is -1.50. The number of rotatable bonds is 7. The zero-order valence-electron chi connectivity index (χ0n) is 20.9. The fourth-order valence-corrected chi connectivity index (χ4v) is 5.04. The molecule has 1 fully saturated rings. The summed E-state index contributed by atoms with van der Waals surface area (Å²) in [6, 6.07) is 15.1. The van der Waals surface area contributed by atoms with Crippen LogP contribution in [0, 0.1) is 35.0 Å². The van der Waals surface area contributed by atoms with Gasteiger partial charge in [-0.25, -0.2) is 22.0 Å². The Morgan fingerprint density at radius 1 is 0.789 bits per heavy atom. The van der Waals surface area contributed by atoms with Crippen molar-refractivity contribution in [2.45, 2.75) is 45.3 Å². The predicted octanol–water partition coefficient (Wildman–Crippen LogP) is 9.05. The molecule has 2 atom stereocenters. The highest BCUT2D eigenvalue weighted by molar-refractivity contribution is 5.88. The molecule has 0 unspecified atom stereocenters. The molecule has 0 amide bonds. The summed E-state index contributed by atoms with van der Waals surface area (Å²) >= 11 is 0. The number of ether oxygens (including phenoxy) is 2. The fraction of sp³-hybridized carbons (Fsp3) is 0.290. The van der Waals surface area contributed by atoms with Crippen LogP contribution < -0.4 is 4.74 Å². The SMILES string of the molecule is CCC[C@H]1CC[C@H](c2cc(F)c(OCc3ccc(-c4ccc5c(F)c(F)c(F)cc5c4)cc3)c(F)c2)OC1. The molecule has 198 valence electrons. The van der Waals surface area contributed by atoms with Crippen molar-refractivity contribution in [2.24, 2.45) is 5.92 Å². The van der Waals surface area contributed by atoms with Gasteiger partial charge in [0.2, 0.25) is 0 Å². The number of fused-ring (bicyclic) bond motifs is 1. The van der Waals surface area contributed by atoms with E-state index in [1.807, 2.05) is 0 Å². The maximum Gasteiger partial charge on any atom is 0.195 e. The highest BCUT2D eigenvalue weighted by Gasteiger charge is 2.25. The van der Waals surface area contributed by atoms with E-state index in [1.165, 1.54) is 18.2 Å². The molecule has 0 spiro atoms. The van der Waals surface area contributed by atoms with E-state index in [1.54, 1.807) is 36.4 Å². The average molecular weight is 527 g/mol. The number of benzene rings is 4. The van der Waals surface area contributed by atoms with Crippen LogP contribution >= 0.6 is 0 Å². The molecule has 1 saturated heterocycles. The normalized spacial score (nSPS) is 17.6. The van der Waals surface area contributed by atoms with Crippen molar-refractivity contribution < 1.29 is 31.4 Å². The van der Waals surface area contributed by atoms with Crippen LogP contribution in [-0.2, 0) is 11.3 Å². The van der Waals surface area contributed by atoms with Crippen molar-refractivity contribution in [1.29, 1.82) is 0 Å². The quantitative estimate of drug-likeness (QED) is 0.177. The topological polar surface area (TPSA) is 18.5 Å². The van der Waals surface area contributed by atoms with Gasteiger partial charge in [0.05, 0.1) is 12.7 Å². The summed E-state index contributed by atoms with van der Waals surface area (Å²) in [5, 5.41) is 0.226. The molecule has 1 aliphatic heterocycles. The smallest absolute Gasteiger partial charge is 0.195 e. The van der Waals surface area contributed by atoms with Crippen molar-refractivity contribution >= 4 is 10.8 Å². The number of hydrogen-bond acceptors (Lipinski definition) is 2. The largest absolute Gasteiger partial charge is 0.483 e. The molecule has 0 aliphatic carbocycles. The molecule has 0 aromatic heterocycles. The number of hydrogen-bond donors (Lipinski definition) is 0. The minimum Gasteiger partial charge on any atom is -0.483 e. The van der Waals surface area contributed by atoms with E-state index in [0.717, 1.165) is 37.3 Å². The third-order valence-electron chi connectivity index (χ3n) is 7.10. The lowest BCUT2D eigenvalue weighted by Crippen LogP contribution is -2.20. The van der Waals surface area contributed by atoms with Crippen LogP contribution in [-0.4, -0.2) is 6.61 Å². The Bertz CT molecular complexity index is 1420. The Morgan fingerprint density at radius 3 is 2.16 bits per heavy atom. The first-order chi connectivity index (χ1) is 18.3. The lowest BCUT2D eigenvalue weighted by molar-refractivity contribution is -0.0198. The molecule has 1 heterocycles. The molecule has 1 aliphatic rings. The van der Waals surface area contributed by atoms with E-state index in [-0.39, 0.29) is 23.5 Å². The summed E-state index contributed by atoms with van der Waals surface area (Å²) < 4.78 is 82.0. The van der Waals surface area contributed by atoms with Crippen LogP contribution in [0.25, 0.3) is 21.9 Å². The van der Waals surface area contributed by atoms with Crippen LogP contribution in [0.3, 0.4) is 0 Å².